The third-order valence-electron chi connectivity index (χ3n) is 2.85. The Hall–Kier alpha value is -2.44. The number of nitrogen functional groups attached to an aromatic ring is 1. The number of rotatable bonds is 3. The average molecular weight is 257 g/mol. The molecular weight excluding hydrogens is 242 g/mol. The maximum atomic E-state index is 5.89. The summed E-state index contributed by atoms with van der Waals surface area (Å²) in [6, 6.07) is 0. The lowest BCUT2D eigenvalue weighted by atomic mass is 10.2. The second-order valence-electron chi connectivity index (χ2n) is 4.90. The minimum atomic E-state index is 0.422. The normalized spacial score (nSPS) is 11.5. The Morgan fingerprint density at radius 2 is 2.21 bits per heavy atom. The van der Waals surface area contributed by atoms with Gasteiger partial charge in [-0.3, -0.25) is 9.78 Å². The van der Waals surface area contributed by atoms with Gasteiger partial charge in [0.1, 0.15) is 12.1 Å². The first-order valence-electron chi connectivity index (χ1n) is 6.12. The molecule has 0 bridgehead atoms. The predicted octanol–water partition coefficient (Wildman–Crippen LogP) is 1.45. The van der Waals surface area contributed by atoms with Gasteiger partial charge >= 0.3 is 0 Å². The summed E-state index contributed by atoms with van der Waals surface area (Å²) in [5, 5.41) is 12.2. The summed E-state index contributed by atoms with van der Waals surface area (Å²) in [6.45, 7) is 5.18. The van der Waals surface area contributed by atoms with E-state index in [1.807, 2.05) is 10.9 Å². The van der Waals surface area contributed by atoms with Crippen LogP contribution in [-0.2, 0) is 6.54 Å². The zero-order valence-corrected chi connectivity index (χ0v) is 10.8. The van der Waals surface area contributed by atoms with Gasteiger partial charge in [-0.1, -0.05) is 13.8 Å². The van der Waals surface area contributed by atoms with Crippen molar-refractivity contribution in [3.63, 3.8) is 0 Å². The summed E-state index contributed by atoms with van der Waals surface area (Å²) < 4.78 is 1.91. The molecule has 3 rings (SSSR count). The molecule has 0 aromatic carbocycles. The topological polar surface area (TPSA) is 98.3 Å². The lowest BCUT2D eigenvalue weighted by Gasteiger charge is -2.03. The molecule has 0 unspecified atom stereocenters. The minimum absolute atomic E-state index is 0.422. The Kier molecular flexibility index (Phi) is 2.66. The molecule has 0 radical (unpaired) electrons. The molecule has 7 heteroatoms. The van der Waals surface area contributed by atoms with Crippen LogP contribution in [0, 0.1) is 5.92 Å². The van der Waals surface area contributed by atoms with Crippen LogP contribution >= 0.6 is 0 Å². The molecule has 0 aliphatic heterocycles. The fraction of sp³-hybridized carbons (Fsp3) is 0.333. The van der Waals surface area contributed by atoms with Crippen molar-refractivity contribution in [2.45, 2.75) is 20.4 Å². The van der Waals surface area contributed by atoms with Gasteiger partial charge in [-0.05, 0) is 5.92 Å². The molecule has 0 saturated carbocycles. The van der Waals surface area contributed by atoms with Crippen LogP contribution in [0.25, 0.3) is 22.3 Å². The van der Waals surface area contributed by atoms with Crippen molar-refractivity contribution in [1.29, 1.82) is 0 Å². The second-order valence-corrected chi connectivity index (χ2v) is 4.90. The number of fused-ring (bicyclic) bond motifs is 1. The van der Waals surface area contributed by atoms with Gasteiger partial charge in [0.25, 0.3) is 0 Å². The third-order valence-corrected chi connectivity index (χ3v) is 2.85. The maximum Gasteiger partial charge on any atom is 0.186 e. The molecule has 3 N–H and O–H groups in total. The van der Waals surface area contributed by atoms with Crippen molar-refractivity contribution in [2.75, 3.05) is 5.73 Å². The standard InChI is InChI=1S/C12H15N7/c1-7(2)4-19-5-8(3-16-19)10-9-11(13)14-6-15-12(9)18-17-10/h3,5-7H,4H2,1-2H3,(H3,13,14,15,17,18). The van der Waals surface area contributed by atoms with Crippen LogP contribution in [-0.4, -0.2) is 29.9 Å². The number of H-pyrrole nitrogens is 1. The highest BCUT2D eigenvalue weighted by Gasteiger charge is 2.14. The molecule has 98 valence electrons. The number of aromatic amines is 1. The number of nitrogens with zero attached hydrogens (tertiary/aromatic N) is 5. The molecule has 0 aliphatic rings. The smallest absolute Gasteiger partial charge is 0.186 e. The number of aromatic nitrogens is 6. The van der Waals surface area contributed by atoms with E-state index in [9.17, 15) is 0 Å². The van der Waals surface area contributed by atoms with Crippen LogP contribution in [0.1, 0.15) is 13.8 Å². The first-order valence-corrected chi connectivity index (χ1v) is 6.12. The minimum Gasteiger partial charge on any atom is -0.383 e. The van der Waals surface area contributed by atoms with Gasteiger partial charge in [-0.15, -0.1) is 0 Å². The highest BCUT2D eigenvalue weighted by atomic mass is 15.3. The highest BCUT2D eigenvalue weighted by Crippen LogP contribution is 2.27. The molecule has 0 atom stereocenters. The summed E-state index contributed by atoms with van der Waals surface area (Å²) in [5.41, 5.74) is 8.20. The first kappa shape index (κ1) is 11.6. The molecule has 3 heterocycles. The molecule has 7 nitrogen and oxygen atoms in total. The van der Waals surface area contributed by atoms with Crippen LogP contribution in [0.15, 0.2) is 18.7 Å². The predicted molar refractivity (Wildman–Crippen MR) is 72.2 cm³/mol. The molecule has 0 fully saturated rings. The molecule has 0 spiro atoms. The largest absolute Gasteiger partial charge is 0.383 e. The molecule has 0 saturated heterocycles. The Morgan fingerprint density at radius 3 is 3.00 bits per heavy atom. The van der Waals surface area contributed by atoms with E-state index in [1.54, 1.807) is 6.20 Å². The highest BCUT2D eigenvalue weighted by molar-refractivity contribution is 5.97. The summed E-state index contributed by atoms with van der Waals surface area (Å²) >= 11 is 0. The number of nitrogens with two attached hydrogens (primary N) is 1. The van der Waals surface area contributed by atoms with E-state index in [-0.39, 0.29) is 0 Å². The van der Waals surface area contributed by atoms with E-state index in [0.717, 1.165) is 23.2 Å². The SMILES string of the molecule is CC(C)Cn1cc(-c2[nH]nc3ncnc(N)c23)cn1. The van der Waals surface area contributed by atoms with Crippen molar-refractivity contribution in [3.8, 4) is 11.3 Å². The van der Waals surface area contributed by atoms with Crippen LogP contribution in [0.4, 0.5) is 5.82 Å². The quantitative estimate of drug-likeness (QED) is 0.740. The number of nitrogens with one attached hydrogen (secondary N) is 1. The summed E-state index contributed by atoms with van der Waals surface area (Å²) in [6.07, 6.45) is 5.17. The van der Waals surface area contributed by atoms with Crippen LogP contribution < -0.4 is 5.73 Å². The lowest BCUT2D eigenvalue weighted by molar-refractivity contribution is 0.483. The molecule has 19 heavy (non-hydrogen) atoms. The van der Waals surface area contributed by atoms with E-state index in [4.69, 9.17) is 5.73 Å². The van der Waals surface area contributed by atoms with Crippen molar-refractivity contribution >= 4 is 16.9 Å². The molecule has 0 amide bonds. The van der Waals surface area contributed by atoms with Crippen LogP contribution in [0.5, 0.6) is 0 Å². The maximum absolute atomic E-state index is 5.89. The zero-order chi connectivity index (χ0) is 13.4. The van der Waals surface area contributed by atoms with E-state index in [0.29, 0.717) is 17.4 Å². The molecule has 3 aromatic rings. The van der Waals surface area contributed by atoms with Gasteiger partial charge < -0.3 is 5.73 Å². The zero-order valence-electron chi connectivity index (χ0n) is 10.8. The Morgan fingerprint density at radius 1 is 1.37 bits per heavy atom. The van der Waals surface area contributed by atoms with E-state index in [1.165, 1.54) is 6.33 Å². The van der Waals surface area contributed by atoms with Crippen molar-refractivity contribution in [1.82, 2.24) is 29.9 Å². The van der Waals surface area contributed by atoms with Gasteiger partial charge in [0.15, 0.2) is 5.65 Å². The van der Waals surface area contributed by atoms with Crippen LogP contribution in [0.2, 0.25) is 0 Å². The summed E-state index contributed by atoms with van der Waals surface area (Å²) in [4.78, 5) is 8.08. The fourth-order valence-electron chi connectivity index (χ4n) is 2.05. The second kappa shape index (κ2) is 4.34. The molecule has 0 aliphatic carbocycles. The fourth-order valence-corrected chi connectivity index (χ4v) is 2.05. The Labute approximate surface area is 109 Å². The Bertz CT molecular complexity index is 710. The van der Waals surface area contributed by atoms with Gasteiger partial charge in [-0.2, -0.15) is 10.2 Å². The van der Waals surface area contributed by atoms with Gasteiger partial charge in [0.05, 0.1) is 17.3 Å². The number of hydrogen-bond donors (Lipinski definition) is 2. The van der Waals surface area contributed by atoms with E-state index in [2.05, 4.69) is 39.1 Å². The monoisotopic (exact) mass is 257 g/mol. The summed E-state index contributed by atoms with van der Waals surface area (Å²) in [5.74, 6) is 0.963. The van der Waals surface area contributed by atoms with Crippen molar-refractivity contribution in [3.05, 3.63) is 18.7 Å². The first-order chi connectivity index (χ1) is 9.15. The lowest BCUT2D eigenvalue weighted by Crippen LogP contribution is -2.03. The van der Waals surface area contributed by atoms with Gasteiger partial charge in [0.2, 0.25) is 0 Å². The van der Waals surface area contributed by atoms with E-state index >= 15 is 0 Å². The summed E-state index contributed by atoms with van der Waals surface area (Å²) in [7, 11) is 0. The van der Waals surface area contributed by atoms with E-state index < -0.39 is 0 Å². The number of hydrogen-bond acceptors (Lipinski definition) is 5. The van der Waals surface area contributed by atoms with Crippen LogP contribution in [0.3, 0.4) is 0 Å². The molecule has 3 aromatic heterocycles. The van der Waals surface area contributed by atoms with Gasteiger partial charge in [-0.25, -0.2) is 9.97 Å². The molecular formula is C12H15N7. The average Bonchev–Trinajstić information content (AvgIpc) is 2.95. The van der Waals surface area contributed by atoms with Crippen molar-refractivity contribution in [2.24, 2.45) is 5.92 Å². The van der Waals surface area contributed by atoms with Crippen molar-refractivity contribution < 1.29 is 0 Å². The number of anilines is 1. The Balaban J connectivity index is 2.07. The third kappa shape index (κ3) is 2.03. The van der Waals surface area contributed by atoms with Gasteiger partial charge in [0, 0.05) is 18.3 Å².